The predicted octanol–water partition coefficient (Wildman–Crippen LogP) is 2.12. The minimum absolute atomic E-state index is 0.781. The fourth-order valence-corrected chi connectivity index (χ4v) is 0.791. The Bertz CT molecular complexity index is 149. The molecule has 0 saturated heterocycles. The molecule has 10 heavy (non-hydrogen) atoms. The molecule has 0 aliphatic carbocycles. The van der Waals surface area contributed by atoms with Crippen molar-refractivity contribution in [1.82, 2.24) is 0 Å². The average Bonchev–Trinajstić information content (AvgIpc) is 2.03. The molecule has 0 spiro atoms. The molecule has 2 heteroatoms. The van der Waals surface area contributed by atoms with Crippen LogP contribution in [-0.4, -0.2) is 12.8 Å². The van der Waals surface area contributed by atoms with Crippen molar-refractivity contribution in [2.75, 3.05) is 6.61 Å². The Morgan fingerprint density at radius 2 is 2.50 bits per heavy atom. The van der Waals surface area contributed by atoms with E-state index in [1.807, 2.05) is 12.3 Å². The van der Waals surface area contributed by atoms with Gasteiger partial charge in [-0.15, -0.1) is 0 Å². The van der Waals surface area contributed by atoms with Gasteiger partial charge < -0.3 is 4.74 Å². The number of hydrogen-bond donors (Lipinski definition) is 0. The third-order valence-electron chi connectivity index (χ3n) is 1.29. The minimum atomic E-state index is 0.781. The van der Waals surface area contributed by atoms with E-state index in [4.69, 9.17) is 4.74 Å². The van der Waals surface area contributed by atoms with Crippen LogP contribution in [0.3, 0.4) is 0 Å². The zero-order valence-electron chi connectivity index (χ0n) is 6.34. The molecule has 56 valence electrons. The molecule has 0 amide bonds. The van der Waals surface area contributed by atoms with Gasteiger partial charge in [-0.25, -0.2) is 4.99 Å². The summed E-state index contributed by atoms with van der Waals surface area (Å²) in [6, 6.07) is 0. The SMILES string of the molecule is CCCOC1=CCCC=N1. The van der Waals surface area contributed by atoms with Crippen molar-refractivity contribution in [3.63, 3.8) is 0 Å². The Morgan fingerprint density at radius 1 is 1.60 bits per heavy atom. The van der Waals surface area contributed by atoms with E-state index >= 15 is 0 Å². The molecule has 1 aliphatic heterocycles. The zero-order valence-corrected chi connectivity index (χ0v) is 6.34. The highest BCUT2D eigenvalue weighted by Crippen LogP contribution is 2.07. The molecule has 0 radical (unpaired) electrons. The van der Waals surface area contributed by atoms with Crippen molar-refractivity contribution >= 4 is 6.21 Å². The summed E-state index contributed by atoms with van der Waals surface area (Å²) in [4.78, 5) is 4.08. The van der Waals surface area contributed by atoms with Crippen LogP contribution >= 0.6 is 0 Å². The molecular formula is C8H13NO. The highest BCUT2D eigenvalue weighted by Gasteiger charge is 1.96. The summed E-state index contributed by atoms with van der Waals surface area (Å²) in [6.45, 7) is 2.87. The number of hydrogen-bond acceptors (Lipinski definition) is 2. The Labute approximate surface area is 61.6 Å². The molecule has 0 N–H and O–H groups in total. The van der Waals surface area contributed by atoms with Crippen LogP contribution in [0.5, 0.6) is 0 Å². The van der Waals surface area contributed by atoms with Crippen molar-refractivity contribution in [2.45, 2.75) is 26.2 Å². The first-order chi connectivity index (χ1) is 4.93. The molecule has 2 nitrogen and oxygen atoms in total. The van der Waals surface area contributed by atoms with Crippen LogP contribution in [0.4, 0.5) is 0 Å². The average molecular weight is 139 g/mol. The molecule has 0 unspecified atom stereocenters. The zero-order chi connectivity index (χ0) is 7.23. The van der Waals surface area contributed by atoms with Crippen LogP contribution < -0.4 is 0 Å². The lowest BCUT2D eigenvalue weighted by Gasteiger charge is -2.06. The predicted molar refractivity (Wildman–Crippen MR) is 42.1 cm³/mol. The van der Waals surface area contributed by atoms with E-state index in [-0.39, 0.29) is 0 Å². The fourth-order valence-electron chi connectivity index (χ4n) is 0.791. The molecule has 0 fully saturated rings. The summed E-state index contributed by atoms with van der Waals surface area (Å²) in [5.74, 6) is 0.799. The monoisotopic (exact) mass is 139 g/mol. The highest BCUT2D eigenvalue weighted by molar-refractivity contribution is 5.60. The lowest BCUT2D eigenvalue weighted by atomic mass is 10.3. The lowest BCUT2D eigenvalue weighted by Crippen LogP contribution is -1.95. The van der Waals surface area contributed by atoms with Crippen LogP contribution in [0, 0.1) is 0 Å². The van der Waals surface area contributed by atoms with Gasteiger partial charge in [-0.2, -0.15) is 0 Å². The topological polar surface area (TPSA) is 21.6 Å². The lowest BCUT2D eigenvalue weighted by molar-refractivity contribution is 0.209. The fraction of sp³-hybridized carbons (Fsp3) is 0.625. The molecule has 0 saturated carbocycles. The van der Waals surface area contributed by atoms with Crippen LogP contribution in [0.1, 0.15) is 26.2 Å². The maximum Gasteiger partial charge on any atom is 0.208 e. The maximum absolute atomic E-state index is 5.30. The Morgan fingerprint density at radius 3 is 3.10 bits per heavy atom. The summed E-state index contributed by atoms with van der Waals surface area (Å²) in [5, 5.41) is 0. The molecular weight excluding hydrogens is 126 g/mol. The molecule has 0 aromatic rings. The van der Waals surface area contributed by atoms with E-state index < -0.39 is 0 Å². The second-order valence-corrected chi connectivity index (χ2v) is 2.28. The molecule has 0 atom stereocenters. The summed E-state index contributed by atoms with van der Waals surface area (Å²) >= 11 is 0. The Hall–Kier alpha value is -0.790. The van der Waals surface area contributed by atoms with Crippen LogP contribution in [0.25, 0.3) is 0 Å². The quantitative estimate of drug-likeness (QED) is 0.587. The molecule has 1 aliphatic rings. The highest BCUT2D eigenvalue weighted by atomic mass is 16.5. The standard InChI is InChI=1S/C8H13NO/c1-2-7-10-8-5-3-4-6-9-8/h5-6H,2-4,7H2,1H3. The largest absolute Gasteiger partial charge is 0.478 e. The van der Waals surface area contributed by atoms with Gasteiger partial charge in [0.05, 0.1) is 6.61 Å². The molecule has 0 bridgehead atoms. The summed E-state index contributed by atoms with van der Waals surface area (Å²) in [7, 11) is 0. The van der Waals surface area contributed by atoms with Gasteiger partial charge in [0.25, 0.3) is 0 Å². The van der Waals surface area contributed by atoms with Gasteiger partial charge in [0, 0.05) is 6.21 Å². The Kier molecular flexibility index (Phi) is 3.00. The van der Waals surface area contributed by atoms with E-state index in [0.717, 1.165) is 31.8 Å². The van der Waals surface area contributed by atoms with Crippen LogP contribution in [-0.2, 0) is 4.74 Å². The van der Waals surface area contributed by atoms with E-state index in [0.29, 0.717) is 0 Å². The van der Waals surface area contributed by atoms with Gasteiger partial charge in [-0.3, -0.25) is 0 Å². The number of nitrogens with zero attached hydrogens (tertiary/aromatic N) is 1. The first-order valence-corrected chi connectivity index (χ1v) is 3.79. The summed E-state index contributed by atoms with van der Waals surface area (Å²) in [5.41, 5.74) is 0. The second kappa shape index (κ2) is 4.09. The first-order valence-electron chi connectivity index (χ1n) is 3.79. The number of ether oxygens (including phenoxy) is 1. The van der Waals surface area contributed by atoms with Crippen LogP contribution in [0.15, 0.2) is 17.0 Å². The molecule has 0 aromatic carbocycles. The Balaban J connectivity index is 2.26. The van der Waals surface area contributed by atoms with Gasteiger partial charge in [-0.05, 0) is 25.3 Å². The summed E-state index contributed by atoms with van der Waals surface area (Å²) < 4.78 is 5.30. The third kappa shape index (κ3) is 2.21. The first kappa shape index (κ1) is 7.32. The molecule has 1 heterocycles. The van der Waals surface area contributed by atoms with Crippen molar-refractivity contribution < 1.29 is 4.74 Å². The van der Waals surface area contributed by atoms with Gasteiger partial charge in [0.1, 0.15) is 0 Å². The van der Waals surface area contributed by atoms with Gasteiger partial charge >= 0.3 is 0 Å². The third-order valence-corrected chi connectivity index (χ3v) is 1.29. The maximum atomic E-state index is 5.30. The molecule has 1 rings (SSSR count). The van der Waals surface area contributed by atoms with E-state index in [2.05, 4.69) is 11.9 Å². The second-order valence-electron chi connectivity index (χ2n) is 2.28. The van der Waals surface area contributed by atoms with Crippen molar-refractivity contribution in [3.8, 4) is 0 Å². The van der Waals surface area contributed by atoms with Gasteiger partial charge in [0.15, 0.2) is 0 Å². The van der Waals surface area contributed by atoms with Crippen molar-refractivity contribution in [3.05, 3.63) is 12.0 Å². The van der Waals surface area contributed by atoms with Gasteiger partial charge in [-0.1, -0.05) is 6.92 Å². The molecule has 0 aromatic heterocycles. The summed E-state index contributed by atoms with van der Waals surface area (Å²) in [6.07, 6.45) is 7.12. The van der Waals surface area contributed by atoms with E-state index in [1.54, 1.807) is 0 Å². The van der Waals surface area contributed by atoms with Gasteiger partial charge in [0.2, 0.25) is 5.88 Å². The van der Waals surface area contributed by atoms with Crippen molar-refractivity contribution in [2.24, 2.45) is 4.99 Å². The minimum Gasteiger partial charge on any atom is -0.478 e. The smallest absolute Gasteiger partial charge is 0.208 e. The number of allylic oxidation sites excluding steroid dienone is 1. The van der Waals surface area contributed by atoms with E-state index in [9.17, 15) is 0 Å². The normalized spacial score (nSPS) is 16.7. The van der Waals surface area contributed by atoms with Crippen LogP contribution in [0.2, 0.25) is 0 Å². The number of rotatable bonds is 3. The number of aliphatic imine (C=N–C) groups is 1. The van der Waals surface area contributed by atoms with E-state index in [1.165, 1.54) is 0 Å². The van der Waals surface area contributed by atoms with Crippen molar-refractivity contribution in [1.29, 1.82) is 0 Å².